The van der Waals surface area contributed by atoms with E-state index in [9.17, 15) is 4.79 Å². The van der Waals surface area contributed by atoms with Crippen LogP contribution in [-0.2, 0) is 6.42 Å². The monoisotopic (exact) mass is 396 g/mol. The molecule has 3 aromatic rings. The number of nitrogens with zero attached hydrogens (tertiary/aromatic N) is 3. The van der Waals surface area contributed by atoms with Crippen LogP contribution in [0.5, 0.6) is 0 Å². The van der Waals surface area contributed by atoms with Gasteiger partial charge in [0.1, 0.15) is 5.82 Å². The number of carbonyl (C=O) groups excluding carboxylic acids is 1. The fraction of sp³-hybridized carbons (Fsp3) is 0.240. The summed E-state index contributed by atoms with van der Waals surface area (Å²) in [5, 5.41) is 12.1. The Morgan fingerprint density at radius 1 is 1.03 bits per heavy atom. The molecule has 0 aliphatic carbocycles. The van der Waals surface area contributed by atoms with E-state index in [-0.39, 0.29) is 5.91 Å². The number of amides is 1. The van der Waals surface area contributed by atoms with Crippen molar-refractivity contribution in [2.24, 2.45) is 5.92 Å². The maximum Gasteiger partial charge on any atom is 0.255 e. The van der Waals surface area contributed by atoms with Crippen molar-refractivity contribution in [1.29, 1.82) is 5.26 Å². The lowest BCUT2D eigenvalue weighted by atomic mass is 9.90. The molecule has 0 unspecified atom stereocenters. The van der Waals surface area contributed by atoms with Crippen molar-refractivity contribution in [3.63, 3.8) is 0 Å². The van der Waals surface area contributed by atoms with Crippen molar-refractivity contribution in [1.82, 2.24) is 9.88 Å². The number of aromatic nitrogens is 1. The molecule has 1 fully saturated rings. The Balaban J connectivity index is 1.31. The minimum Gasteiger partial charge on any atom is -0.340 e. The Morgan fingerprint density at radius 2 is 1.77 bits per heavy atom. The summed E-state index contributed by atoms with van der Waals surface area (Å²) in [6, 6.07) is 23.5. The molecule has 150 valence electrons. The molecule has 5 nitrogen and oxygen atoms in total. The summed E-state index contributed by atoms with van der Waals surface area (Å²) < 4.78 is 0. The molecule has 1 N–H and O–H groups in total. The normalized spacial score (nSPS) is 14.2. The molecule has 1 aliphatic heterocycles. The molecule has 1 aromatic heterocycles. The van der Waals surface area contributed by atoms with Crippen molar-refractivity contribution in [3.8, 4) is 6.07 Å². The highest BCUT2D eigenvalue weighted by molar-refractivity contribution is 5.94. The smallest absolute Gasteiger partial charge is 0.255 e. The first kappa shape index (κ1) is 19.7. The van der Waals surface area contributed by atoms with E-state index in [0.29, 0.717) is 22.9 Å². The van der Waals surface area contributed by atoms with Gasteiger partial charge in [-0.3, -0.25) is 4.79 Å². The fourth-order valence-corrected chi connectivity index (χ4v) is 3.84. The van der Waals surface area contributed by atoms with E-state index in [0.717, 1.165) is 38.0 Å². The lowest BCUT2D eigenvalue weighted by molar-refractivity contribution is 0.0690. The number of rotatable bonds is 5. The van der Waals surface area contributed by atoms with Crippen molar-refractivity contribution >= 4 is 17.4 Å². The van der Waals surface area contributed by atoms with Gasteiger partial charge < -0.3 is 10.2 Å². The number of carbonyl (C=O) groups is 1. The Morgan fingerprint density at radius 3 is 2.40 bits per heavy atom. The third kappa shape index (κ3) is 4.84. The van der Waals surface area contributed by atoms with Crippen LogP contribution in [-0.4, -0.2) is 28.9 Å². The second-order valence-electron chi connectivity index (χ2n) is 7.67. The van der Waals surface area contributed by atoms with E-state index >= 15 is 0 Å². The number of piperidine rings is 1. The van der Waals surface area contributed by atoms with Gasteiger partial charge in [0, 0.05) is 25.0 Å². The van der Waals surface area contributed by atoms with Crippen LogP contribution >= 0.6 is 0 Å². The Kier molecular flexibility index (Phi) is 6.05. The molecule has 1 aliphatic rings. The molecule has 4 rings (SSSR count). The highest BCUT2D eigenvalue weighted by Crippen LogP contribution is 2.23. The van der Waals surface area contributed by atoms with Gasteiger partial charge in [0.25, 0.3) is 5.91 Å². The predicted molar refractivity (Wildman–Crippen MR) is 117 cm³/mol. The zero-order valence-electron chi connectivity index (χ0n) is 16.8. The number of anilines is 2. The molecule has 5 heteroatoms. The predicted octanol–water partition coefficient (Wildman–Crippen LogP) is 4.79. The highest BCUT2D eigenvalue weighted by atomic mass is 16.2. The van der Waals surface area contributed by atoms with Gasteiger partial charge in [-0.1, -0.05) is 30.3 Å². The molecule has 30 heavy (non-hydrogen) atoms. The van der Waals surface area contributed by atoms with Crippen molar-refractivity contribution in [2.45, 2.75) is 19.3 Å². The summed E-state index contributed by atoms with van der Waals surface area (Å²) in [5.41, 5.74) is 3.45. The molecule has 0 bridgehead atoms. The van der Waals surface area contributed by atoms with E-state index in [1.807, 2.05) is 35.2 Å². The minimum atomic E-state index is 0.0468. The van der Waals surface area contributed by atoms with Crippen LogP contribution in [0.4, 0.5) is 11.5 Å². The van der Waals surface area contributed by atoms with Gasteiger partial charge in [0.2, 0.25) is 0 Å². The van der Waals surface area contributed by atoms with Crippen LogP contribution in [0.1, 0.15) is 34.3 Å². The van der Waals surface area contributed by atoms with Gasteiger partial charge in [-0.2, -0.15) is 5.26 Å². The molecule has 2 heterocycles. The Hall–Kier alpha value is -3.65. The highest BCUT2D eigenvalue weighted by Gasteiger charge is 2.24. The molecule has 0 atom stereocenters. The summed E-state index contributed by atoms with van der Waals surface area (Å²) >= 11 is 0. The van der Waals surface area contributed by atoms with E-state index in [4.69, 9.17) is 5.26 Å². The van der Waals surface area contributed by atoms with Crippen LogP contribution in [0.15, 0.2) is 72.9 Å². The number of hydrogen-bond acceptors (Lipinski definition) is 4. The van der Waals surface area contributed by atoms with Gasteiger partial charge in [-0.05, 0) is 67.1 Å². The van der Waals surface area contributed by atoms with Crippen LogP contribution in [0, 0.1) is 17.2 Å². The molecule has 0 saturated carbocycles. The average Bonchev–Trinajstić information content (AvgIpc) is 2.81. The quantitative estimate of drug-likeness (QED) is 0.673. The van der Waals surface area contributed by atoms with Crippen LogP contribution < -0.4 is 5.32 Å². The second kappa shape index (κ2) is 9.23. The van der Waals surface area contributed by atoms with Crippen LogP contribution in [0.25, 0.3) is 0 Å². The van der Waals surface area contributed by atoms with Crippen molar-refractivity contribution in [3.05, 3.63) is 89.6 Å². The summed E-state index contributed by atoms with van der Waals surface area (Å²) in [6.45, 7) is 1.59. The van der Waals surface area contributed by atoms with Gasteiger partial charge in [-0.15, -0.1) is 0 Å². The lowest BCUT2D eigenvalue weighted by Crippen LogP contribution is -2.38. The first-order valence-electron chi connectivity index (χ1n) is 10.3. The fourth-order valence-electron chi connectivity index (χ4n) is 3.84. The van der Waals surface area contributed by atoms with Gasteiger partial charge in [-0.25, -0.2) is 4.98 Å². The Bertz CT molecular complexity index is 1020. The second-order valence-corrected chi connectivity index (χ2v) is 7.67. The number of nitriles is 1. The van der Waals surface area contributed by atoms with Gasteiger partial charge >= 0.3 is 0 Å². The molecule has 1 amide bonds. The molecular formula is C25H24N4O. The first-order valence-corrected chi connectivity index (χ1v) is 10.3. The number of nitrogens with one attached hydrogen (secondary N) is 1. The third-order valence-corrected chi connectivity index (χ3v) is 5.57. The third-order valence-electron chi connectivity index (χ3n) is 5.57. The maximum absolute atomic E-state index is 12.8. The average molecular weight is 396 g/mol. The van der Waals surface area contributed by atoms with Crippen molar-refractivity contribution < 1.29 is 4.79 Å². The van der Waals surface area contributed by atoms with Crippen molar-refractivity contribution in [2.75, 3.05) is 18.4 Å². The molecular weight excluding hydrogens is 372 g/mol. The zero-order valence-corrected chi connectivity index (χ0v) is 16.8. The van der Waals surface area contributed by atoms with E-state index < -0.39 is 0 Å². The lowest BCUT2D eigenvalue weighted by Gasteiger charge is -2.32. The summed E-state index contributed by atoms with van der Waals surface area (Å²) in [4.78, 5) is 19.2. The van der Waals surface area contributed by atoms with Crippen LogP contribution in [0.2, 0.25) is 0 Å². The van der Waals surface area contributed by atoms with Crippen LogP contribution in [0.3, 0.4) is 0 Å². The Labute approximate surface area is 177 Å². The zero-order chi connectivity index (χ0) is 20.8. The summed E-state index contributed by atoms with van der Waals surface area (Å²) in [6.07, 6.45) is 4.78. The molecule has 0 spiro atoms. The largest absolute Gasteiger partial charge is 0.340 e. The number of benzene rings is 2. The SMILES string of the molecule is N#Cc1ccc(Nc2ccc(C(=O)N3CCC(Cc4ccccc4)CC3)cn2)cc1. The number of likely N-dealkylation sites (tertiary alicyclic amines) is 1. The number of hydrogen-bond donors (Lipinski definition) is 1. The number of pyridine rings is 1. The maximum atomic E-state index is 12.8. The minimum absolute atomic E-state index is 0.0468. The molecule has 2 aromatic carbocycles. The summed E-state index contributed by atoms with van der Waals surface area (Å²) in [7, 11) is 0. The molecule has 0 radical (unpaired) electrons. The standard InChI is InChI=1S/C25H24N4O/c26-17-21-6-9-23(10-7-21)28-24-11-8-22(18-27-24)25(30)29-14-12-20(13-15-29)16-19-4-2-1-3-5-19/h1-11,18,20H,12-16H2,(H,27,28). The van der Waals surface area contributed by atoms with E-state index in [1.54, 1.807) is 18.3 Å². The van der Waals surface area contributed by atoms with Gasteiger partial charge in [0.15, 0.2) is 0 Å². The molecule has 1 saturated heterocycles. The topological polar surface area (TPSA) is 69.0 Å². The first-order chi connectivity index (χ1) is 14.7. The summed E-state index contributed by atoms with van der Waals surface area (Å²) in [5.74, 6) is 1.34. The van der Waals surface area contributed by atoms with E-state index in [2.05, 4.69) is 40.6 Å². The van der Waals surface area contributed by atoms with E-state index in [1.165, 1.54) is 5.56 Å². The van der Waals surface area contributed by atoms with Gasteiger partial charge in [0.05, 0.1) is 17.2 Å².